The number of nitrogens with one attached hydrogen (secondary N) is 1. The summed E-state index contributed by atoms with van der Waals surface area (Å²) in [5, 5.41) is 3.28. The Hall–Kier alpha value is -1.40. The molecule has 24 heavy (non-hydrogen) atoms. The van der Waals surface area contributed by atoms with Crippen LogP contribution >= 0.6 is 24.8 Å². The summed E-state index contributed by atoms with van der Waals surface area (Å²) >= 11 is 0. The highest BCUT2D eigenvalue weighted by atomic mass is 35.5. The van der Waals surface area contributed by atoms with Crippen molar-refractivity contribution in [3.8, 4) is 11.5 Å². The van der Waals surface area contributed by atoms with E-state index in [1.165, 1.54) is 18.2 Å². The third-order valence-corrected chi connectivity index (χ3v) is 3.67. The fourth-order valence-corrected chi connectivity index (χ4v) is 2.50. The molecule has 7 heteroatoms. The van der Waals surface area contributed by atoms with Gasteiger partial charge in [-0.05, 0) is 29.8 Å². The first-order valence-corrected chi connectivity index (χ1v) is 7.36. The number of ether oxygens (including phenoxy) is 1. The zero-order valence-electron chi connectivity index (χ0n) is 13.0. The molecule has 0 aromatic heterocycles. The van der Waals surface area contributed by atoms with Crippen molar-refractivity contribution in [2.24, 2.45) is 0 Å². The summed E-state index contributed by atoms with van der Waals surface area (Å²) in [5.74, 6) is -0.923. The number of rotatable bonds is 4. The van der Waals surface area contributed by atoms with E-state index in [0.29, 0.717) is 6.54 Å². The standard InChI is InChI=1S/C17H18F2N2O.2ClH/c18-14-3-1-2-4-16(14)22-17-6-5-13(11-15(17)19)12-21-9-7-20-8-10-21;;/h1-6,11,20H,7-10,12H2;2*1H. The van der Waals surface area contributed by atoms with E-state index in [4.69, 9.17) is 4.74 Å². The fourth-order valence-electron chi connectivity index (χ4n) is 2.50. The van der Waals surface area contributed by atoms with Crippen LogP contribution in [0.1, 0.15) is 5.56 Å². The van der Waals surface area contributed by atoms with Gasteiger partial charge in [0.15, 0.2) is 23.1 Å². The van der Waals surface area contributed by atoms with Crippen molar-refractivity contribution >= 4 is 24.8 Å². The fraction of sp³-hybridized carbons (Fsp3) is 0.294. The summed E-state index contributed by atoms with van der Waals surface area (Å²) in [7, 11) is 0. The van der Waals surface area contributed by atoms with Crippen LogP contribution in [0.2, 0.25) is 0 Å². The normalized spacial score (nSPS) is 14.4. The minimum Gasteiger partial charge on any atom is -0.451 e. The van der Waals surface area contributed by atoms with Crippen molar-refractivity contribution in [2.45, 2.75) is 6.54 Å². The van der Waals surface area contributed by atoms with E-state index in [9.17, 15) is 8.78 Å². The zero-order chi connectivity index (χ0) is 15.4. The van der Waals surface area contributed by atoms with E-state index in [0.717, 1.165) is 31.7 Å². The van der Waals surface area contributed by atoms with Crippen molar-refractivity contribution in [2.75, 3.05) is 26.2 Å². The Morgan fingerprint density at radius 2 is 1.58 bits per heavy atom. The molecule has 1 saturated heterocycles. The summed E-state index contributed by atoms with van der Waals surface area (Å²) < 4.78 is 33.0. The molecule has 2 aromatic carbocycles. The summed E-state index contributed by atoms with van der Waals surface area (Å²) in [6, 6.07) is 10.8. The monoisotopic (exact) mass is 376 g/mol. The van der Waals surface area contributed by atoms with Crippen LogP contribution in [0.25, 0.3) is 0 Å². The van der Waals surface area contributed by atoms with Crippen LogP contribution in [0.3, 0.4) is 0 Å². The number of hydrogen-bond donors (Lipinski definition) is 1. The predicted octanol–water partition coefficient (Wildman–Crippen LogP) is 4.01. The molecule has 1 fully saturated rings. The molecule has 0 bridgehead atoms. The molecule has 1 aliphatic rings. The lowest BCUT2D eigenvalue weighted by Crippen LogP contribution is -2.42. The average molecular weight is 377 g/mol. The molecule has 0 amide bonds. The highest BCUT2D eigenvalue weighted by Gasteiger charge is 2.13. The van der Waals surface area contributed by atoms with E-state index in [2.05, 4.69) is 10.2 Å². The summed E-state index contributed by atoms with van der Waals surface area (Å²) in [6.45, 7) is 4.52. The lowest BCUT2D eigenvalue weighted by atomic mass is 10.2. The van der Waals surface area contributed by atoms with Gasteiger partial charge in [-0.3, -0.25) is 4.90 Å². The molecule has 3 nitrogen and oxygen atoms in total. The molecule has 1 aliphatic heterocycles. The second-order valence-electron chi connectivity index (χ2n) is 5.32. The van der Waals surface area contributed by atoms with Gasteiger partial charge in [0.1, 0.15) is 0 Å². The molecule has 2 aromatic rings. The van der Waals surface area contributed by atoms with E-state index in [-0.39, 0.29) is 36.3 Å². The first-order chi connectivity index (χ1) is 10.7. The van der Waals surface area contributed by atoms with Crippen LogP contribution in [0.15, 0.2) is 42.5 Å². The quantitative estimate of drug-likeness (QED) is 0.872. The van der Waals surface area contributed by atoms with Crippen LogP contribution in [-0.4, -0.2) is 31.1 Å². The van der Waals surface area contributed by atoms with Crippen LogP contribution in [-0.2, 0) is 6.54 Å². The molecule has 0 unspecified atom stereocenters. The minimum atomic E-state index is -0.508. The van der Waals surface area contributed by atoms with Crippen molar-refractivity contribution in [3.63, 3.8) is 0 Å². The van der Waals surface area contributed by atoms with E-state index >= 15 is 0 Å². The molecule has 0 aliphatic carbocycles. The van der Waals surface area contributed by atoms with Gasteiger partial charge in [-0.15, -0.1) is 24.8 Å². The Balaban J connectivity index is 0.00000144. The molecule has 1 heterocycles. The lowest BCUT2D eigenvalue weighted by molar-refractivity contribution is 0.233. The molecule has 0 saturated carbocycles. The van der Waals surface area contributed by atoms with Crippen LogP contribution < -0.4 is 10.1 Å². The number of nitrogens with zero attached hydrogens (tertiary/aromatic N) is 1. The lowest BCUT2D eigenvalue weighted by Gasteiger charge is -2.27. The number of hydrogen-bond acceptors (Lipinski definition) is 3. The minimum absolute atomic E-state index is 0. The van der Waals surface area contributed by atoms with Crippen LogP contribution in [0.4, 0.5) is 8.78 Å². The Morgan fingerprint density at radius 3 is 2.25 bits per heavy atom. The smallest absolute Gasteiger partial charge is 0.166 e. The topological polar surface area (TPSA) is 24.5 Å². The molecule has 3 rings (SSSR count). The third-order valence-electron chi connectivity index (χ3n) is 3.67. The molecule has 1 N–H and O–H groups in total. The first kappa shape index (κ1) is 20.6. The Labute approximate surface area is 152 Å². The predicted molar refractivity (Wildman–Crippen MR) is 95.5 cm³/mol. The number of halogens is 4. The SMILES string of the molecule is Cl.Cl.Fc1ccccc1Oc1ccc(CN2CCNCC2)cc1F. The van der Waals surface area contributed by atoms with Crippen molar-refractivity contribution in [1.82, 2.24) is 10.2 Å². The van der Waals surface area contributed by atoms with Gasteiger partial charge in [-0.25, -0.2) is 8.78 Å². The summed E-state index contributed by atoms with van der Waals surface area (Å²) in [4.78, 5) is 2.27. The van der Waals surface area contributed by atoms with Crippen LogP contribution in [0.5, 0.6) is 11.5 Å². The Morgan fingerprint density at radius 1 is 0.917 bits per heavy atom. The van der Waals surface area contributed by atoms with Gasteiger partial charge in [0.05, 0.1) is 0 Å². The maximum Gasteiger partial charge on any atom is 0.166 e. The summed E-state index contributed by atoms with van der Waals surface area (Å²) in [6.07, 6.45) is 0. The Bertz CT molecular complexity index is 652. The van der Waals surface area contributed by atoms with Crippen molar-refractivity contribution < 1.29 is 13.5 Å². The van der Waals surface area contributed by atoms with Crippen molar-refractivity contribution in [3.05, 3.63) is 59.7 Å². The summed E-state index contributed by atoms with van der Waals surface area (Å²) in [5.41, 5.74) is 0.889. The van der Waals surface area contributed by atoms with Gasteiger partial charge in [0.25, 0.3) is 0 Å². The maximum atomic E-state index is 14.1. The van der Waals surface area contributed by atoms with Gasteiger partial charge in [0.2, 0.25) is 0 Å². The number of benzene rings is 2. The van der Waals surface area contributed by atoms with Crippen LogP contribution in [0, 0.1) is 11.6 Å². The zero-order valence-corrected chi connectivity index (χ0v) is 14.6. The highest BCUT2D eigenvalue weighted by molar-refractivity contribution is 5.85. The molecule has 0 spiro atoms. The molecule has 0 radical (unpaired) electrons. The average Bonchev–Trinajstić information content (AvgIpc) is 2.53. The number of piperazine rings is 1. The maximum absolute atomic E-state index is 14.1. The van der Waals surface area contributed by atoms with Gasteiger partial charge in [-0.2, -0.15) is 0 Å². The largest absolute Gasteiger partial charge is 0.451 e. The van der Waals surface area contributed by atoms with Gasteiger partial charge in [0, 0.05) is 32.7 Å². The van der Waals surface area contributed by atoms with E-state index < -0.39 is 11.6 Å². The molecule has 132 valence electrons. The van der Waals surface area contributed by atoms with Gasteiger partial charge >= 0.3 is 0 Å². The molecular formula is C17H20Cl2F2N2O. The number of para-hydroxylation sites is 1. The van der Waals surface area contributed by atoms with Crippen molar-refractivity contribution in [1.29, 1.82) is 0 Å². The third kappa shape index (κ3) is 5.31. The van der Waals surface area contributed by atoms with Gasteiger partial charge < -0.3 is 10.1 Å². The first-order valence-electron chi connectivity index (χ1n) is 7.36. The molecular weight excluding hydrogens is 357 g/mol. The molecule has 0 atom stereocenters. The second kappa shape index (κ2) is 9.79. The highest BCUT2D eigenvalue weighted by Crippen LogP contribution is 2.27. The van der Waals surface area contributed by atoms with E-state index in [1.54, 1.807) is 18.2 Å². The van der Waals surface area contributed by atoms with Gasteiger partial charge in [-0.1, -0.05) is 18.2 Å². The Kier molecular flexibility index (Phi) is 8.42. The second-order valence-corrected chi connectivity index (χ2v) is 5.32. The van der Waals surface area contributed by atoms with E-state index in [1.807, 2.05) is 6.07 Å².